The van der Waals surface area contributed by atoms with E-state index in [0.717, 1.165) is 22.4 Å². The van der Waals surface area contributed by atoms with Gasteiger partial charge < -0.3 is 15.1 Å². The van der Waals surface area contributed by atoms with Gasteiger partial charge in [0, 0.05) is 11.8 Å². The zero-order valence-electron chi connectivity index (χ0n) is 13.5. The third-order valence-electron chi connectivity index (χ3n) is 3.31. The Morgan fingerprint density at radius 1 is 1.17 bits per heavy atom. The van der Waals surface area contributed by atoms with Crippen LogP contribution in [0.25, 0.3) is 6.08 Å². The zero-order chi connectivity index (χ0) is 16.8. The Hall–Kier alpha value is -2.82. The van der Waals surface area contributed by atoms with Crippen LogP contribution in [0.3, 0.4) is 0 Å². The first kappa shape index (κ1) is 16.5. The number of hydrogen-bond acceptors (Lipinski definition) is 3. The van der Waals surface area contributed by atoms with Crippen LogP contribution in [0.1, 0.15) is 22.5 Å². The van der Waals surface area contributed by atoms with Crippen molar-refractivity contribution in [3.05, 3.63) is 59.1 Å². The number of rotatable bonds is 5. The van der Waals surface area contributed by atoms with E-state index < -0.39 is 0 Å². The van der Waals surface area contributed by atoms with Gasteiger partial charge in [0.1, 0.15) is 5.76 Å². The lowest BCUT2D eigenvalue weighted by atomic mass is 10.1. The molecule has 23 heavy (non-hydrogen) atoms. The molecule has 5 heteroatoms. The molecule has 0 saturated heterocycles. The molecule has 0 unspecified atom stereocenters. The fourth-order valence-electron chi connectivity index (χ4n) is 2.33. The van der Waals surface area contributed by atoms with Gasteiger partial charge in [-0.1, -0.05) is 17.7 Å². The van der Waals surface area contributed by atoms with Crippen molar-refractivity contribution in [3.63, 3.8) is 0 Å². The van der Waals surface area contributed by atoms with Crippen LogP contribution in [-0.4, -0.2) is 18.4 Å². The lowest BCUT2D eigenvalue weighted by Crippen LogP contribution is -2.32. The predicted molar refractivity (Wildman–Crippen MR) is 90.0 cm³/mol. The zero-order valence-corrected chi connectivity index (χ0v) is 13.5. The largest absolute Gasteiger partial charge is 0.465 e. The van der Waals surface area contributed by atoms with E-state index in [1.165, 1.54) is 12.3 Å². The smallest absolute Gasteiger partial charge is 0.244 e. The number of furan rings is 1. The Morgan fingerprint density at radius 2 is 1.87 bits per heavy atom. The van der Waals surface area contributed by atoms with Gasteiger partial charge in [0.25, 0.3) is 0 Å². The lowest BCUT2D eigenvalue weighted by Gasteiger charge is -2.12. The number of amides is 2. The highest BCUT2D eigenvalue weighted by molar-refractivity contribution is 5.98. The van der Waals surface area contributed by atoms with Crippen molar-refractivity contribution in [3.8, 4) is 0 Å². The van der Waals surface area contributed by atoms with Crippen molar-refractivity contribution in [2.24, 2.45) is 0 Å². The molecule has 0 aliphatic heterocycles. The Kier molecular flexibility index (Phi) is 5.36. The van der Waals surface area contributed by atoms with Gasteiger partial charge in [0.05, 0.1) is 12.8 Å². The van der Waals surface area contributed by atoms with Crippen molar-refractivity contribution in [1.82, 2.24) is 5.32 Å². The maximum Gasteiger partial charge on any atom is 0.244 e. The van der Waals surface area contributed by atoms with Gasteiger partial charge in [0.15, 0.2) is 0 Å². The third kappa shape index (κ3) is 4.85. The second-order valence-electron chi connectivity index (χ2n) is 5.39. The molecule has 120 valence electrons. The predicted octanol–water partition coefficient (Wildman–Crippen LogP) is 2.97. The van der Waals surface area contributed by atoms with E-state index in [1.54, 1.807) is 18.2 Å². The fraction of sp³-hybridized carbons (Fsp3) is 0.222. The molecule has 2 N–H and O–H groups in total. The van der Waals surface area contributed by atoms with Crippen LogP contribution >= 0.6 is 0 Å². The summed E-state index contributed by atoms with van der Waals surface area (Å²) in [6.45, 7) is 5.81. The maximum absolute atomic E-state index is 12.0. The quantitative estimate of drug-likeness (QED) is 0.834. The monoisotopic (exact) mass is 312 g/mol. The minimum Gasteiger partial charge on any atom is -0.465 e. The van der Waals surface area contributed by atoms with Gasteiger partial charge in [-0.2, -0.15) is 0 Å². The van der Waals surface area contributed by atoms with E-state index in [-0.39, 0.29) is 18.4 Å². The number of anilines is 1. The van der Waals surface area contributed by atoms with Crippen molar-refractivity contribution >= 4 is 23.6 Å². The van der Waals surface area contributed by atoms with Crippen LogP contribution < -0.4 is 10.6 Å². The van der Waals surface area contributed by atoms with Crippen LogP contribution in [0.4, 0.5) is 5.69 Å². The Morgan fingerprint density at radius 3 is 2.48 bits per heavy atom. The van der Waals surface area contributed by atoms with Crippen molar-refractivity contribution in [2.75, 3.05) is 11.9 Å². The molecule has 5 nitrogen and oxygen atoms in total. The molecule has 1 aromatic heterocycles. The standard InChI is InChI=1S/C18H20N2O3/c1-12-9-13(2)18(14(3)10-12)20-17(22)11-19-16(21)7-6-15-5-4-8-23-15/h4-10H,11H2,1-3H3,(H,19,21)(H,20,22)/b7-6+. The molecule has 1 heterocycles. The fourth-order valence-corrected chi connectivity index (χ4v) is 2.33. The summed E-state index contributed by atoms with van der Waals surface area (Å²) in [6, 6.07) is 7.48. The molecular formula is C18H20N2O3. The molecule has 0 atom stereocenters. The van der Waals surface area contributed by atoms with E-state index in [9.17, 15) is 9.59 Å². The van der Waals surface area contributed by atoms with E-state index >= 15 is 0 Å². The summed E-state index contributed by atoms with van der Waals surface area (Å²) in [7, 11) is 0. The van der Waals surface area contributed by atoms with E-state index in [4.69, 9.17) is 4.42 Å². The summed E-state index contributed by atoms with van der Waals surface area (Å²) in [5.74, 6) is -0.0378. The maximum atomic E-state index is 12.0. The molecule has 0 radical (unpaired) electrons. The van der Waals surface area contributed by atoms with E-state index in [2.05, 4.69) is 10.6 Å². The van der Waals surface area contributed by atoms with E-state index in [1.807, 2.05) is 32.9 Å². The average molecular weight is 312 g/mol. The van der Waals surface area contributed by atoms with Crippen LogP contribution in [-0.2, 0) is 9.59 Å². The Balaban J connectivity index is 1.87. The van der Waals surface area contributed by atoms with Gasteiger partial charge >= 0.3 is 0 Å². The number of carbonyl (C=O) groups is 2. The van der Waals surface area contributed by atoms with Gasteiger partial charge in [-0.3, -0.25) is 9.59 Å². The number of nitrogens with one attached hydrogen (secondary N) is 2. The number of benzene rings is 1. The number of hydrogen-bond donors (Lipinski definition) is 2. The summed E-state index contributed by atoms with van der Waals surface area (Å²) in [5.41, 5.74) is 3.94. The topological polar surface area (TPSA) is 71.3 Å². The molecule has 0 aliphatic rings. The van der Waals surface area contributed by atoms with Crippen LogP contribution in [0.2, 0.25) is 0 Å². The summed E-state index contributed by atoms with van der Waals surface area (Å²) in [6.07, 6.45) is 4.40. The average Bonchev–Trinajstić information content (AvgIpc) is 3.00. The minimum absolute atomic E-state index is 0.0892. The molecule has 0 saturated carbocycles. The van der Waals surface area contributed by atoms with Gasteiger partial charge in [-0.25, -0.2) is 0 Å². The van der Waals surface area contributed by atoms with Crippen molar-refractivity contribution in [2.45, 2.75) is 20.8 Å². The first-order chi connectivity index (χ1) is 11.0. The lowest BCUT2D eigenvalue weighted by molar-refractivity contribution is -0.121. The summed E-state index contributed by atoms with van der Waals surface area (Å²) < 4.78 is 5.08. The first-order valence-corrected chi connectivity index (χ1v) is 7.33. The van der Waals surface area contributed by atoms with Crippen LogP contribution in [0.5, 0.6) is 0 Å². The van der Waals surface area contributed by atoms with Gasteiger partial charge in [0.2, 0.25) is 11.8 Å². The summed E-state index contributed by atoms with van der Waals surface area (Å²) in [4.78, 5) is 23.6. The molecule has 0 spiro atoms. The molecule has 0 fully saturated rings. The van der Waals surface area contributed by atoms with Crippen LogP contribution in [0.15, 0.2) is 41.0 Å². The molecule has 2 amide bonds. The molecule has 2 aromatic rings. The third-order valence-corrected chi connectivity index (χ3v) is 3.31. The highest BCUT2D eigenvalue weighted by Gasteiger charge is 2.09. The SMILES string of the molecule is Cc1cc(C)c(NC(=O)CNC(=O)/C=C/c2ccco2)c(C)c1. The highest BCUT2D eigenvalue weighted by Crippen LogP contribution is 2.21. The molecule has 2 rings (SSSR count). The number of aryl methyl sites for hydroxylation is 3. The number of carbonyl (C=O) groups excluding carboxylic acids is 2. The van der Waals surface area contributed by atoms with Gasteiger partial charge in [-0.05, 0) is 50.1 Å². The molecule has 0 aliphatic carbocycles. The van der Waals surface area contributed by atoms with Crippen LogP contribution in [0, 0.1) is 20.8 Å². The molecule has 1 aromatic carbocycles. The second-order valence-corrected chi connectivity index (χ2v) is 5.39. The highest BCUT2D eigenvalue weighted by atomic mass is 16.3. The first-order valence-electron chi connectivity index (χ1n) is 7.33. The van der Waals surface area contributed by atoms with E-state index in [0.29, 0.717) is 5.76 Å². The molecular weight excluding hydrogens is 292 g/mol. The Labute approximate surface area is 135 Å². The van der Waals surface area contributed by atoms with Crippen molar-refractivity contribution < 1.29 is 14.0 Å². The van der Waals surface area contributed by atoms with Gasteiger partial charge in [-0.15, -0.1) is 0 Å². The minimum atomic E-state index is -0.353. The molecule has 0 bridgehead atoms. The second kappa shape index (κ2) is 7.45. The summed E-state index contributed by atoms with van der Waals surface area (Å²) >= 11 is 0. The van der Waals surface area contributed by atoms with Crippen molar-refractivity contribution in [1.29, 1.82) is 0 Å². The normalized spacial score (nSPS) is 10.7. The Bertz CT molecular complexity index is 708. The summed E-state index contributed by atoms with van der Waals surface area (Å²) in [5, 5.41) is 5.37.